The molecule has 138 valence electrons. The molecule has 0 unspecified atom stereocenters. The highest BCUT2D eigenvalue weighted by molar-refractivity contribution is 5.67. The number of hydrogen-bond acceptors (Lipinski definition) is 5. The monoisotopic (exact) mass is 367 g/mol. The molecular formula is C18H17N5O4. The van der Waals surface area contributed by atoms with Gasteiger partial charge in [-0.05, 0) is 18.4 Å². The van der Waals surface area contributed by atoms with E-state index in [0.717, 1.165) is 18.4 Å². The summed E-state index contributed by atoms with van der Waals surface area (Å²) >= 11 is 0. The molecule has 1 fully saturated rings. The average molecular weight is 367 g/mol. The number of nitrogens with zero attached hydrogens (tertiary/aromatic N) is 4. The molecule has 9 nitrogen and oxygen atoms in total. The fourth-order valence-corrected chi connectivity index (χ4v) is 3.23. The third-order valence-electron chi connectivity index (χ3n) is 4.81. The minimum Gasteiger partial charge on any atom is -0.480 e. The SMILES string of the molecule is Cn1cc(-c2nc(C3(c4ccccc4)CC3)nn2CC(=O)O)c(=O)[nH]c1=O. The van der Waals surface area contributed by atoms with E-state index in [1.165, 1.54) is 22.5 Å². The van der Waals surface area contributed by atoms with E-state index in [1.807, 2.05) is 30.3 Å². The second-order valence-corrected chi connectivity index (χ2v) is 6.67. The maximum atomic E-state index is 12.3. The van der Waals surface area contributed by atoms with E-state index < -0.39 is 23.8 Å². The summed E-state index contributed by atoms with van der Waals surface area (Å²) in [5.74, 6) is -0.483. The van der Waals surface area contributed by atoms with Crippen LogP contribution in [0.25, 0.3) is 11.4 Å². The number of aliphatic carboxylic acids is 1. The lowest BCUT2D eigenvalue weighted by Crippen LogP contribution is -2.29. The highest BCUT2D eigenvalue weighted by Crippen LogP contribution is 2.52. The van der Waals surface area contributed by atoms with Crippen molar-refractivity contribution < 1.29 is 9.90 Å². The fraction of sp³-hybridized carbons (Fsp3) is 0.278. The highest BCUT2D eigenvalue weighted by Gasteiger charge is 2.49. The van der Waals surface area contributed by atoms with Crippen molar-refractivity contribution in [2.75, 3.05) is 0 Å². The van der Waals surface area contributed by atoms with E-state index in [1.54, 1.807) is 0 Å². The molecule has 9 heteroatoms. The zero-order valence-corrected chi connectivity index (χ0v) is 14.5. The van der Waals surface area contributed by atoms with Crippen molar-refractivity contribution in [1.82, 2.24) is 24.3 Å². The standard InChI is InChI=1S/C18H17N5O4/c1-22-9-12(15(26)20-17(22)27)14-19-16(21-23(14)10-13(24)25)18(7-8-18)11-5-3-2-4-6-11/h2-6,9H,7-8,10H2,1H3,(H,24,25)(H,20,26,27). The Bertz CT molecular complexity index is 1140. The summed E-state index contributed by atoms with van der Waals surface area (Å²) in [5, 5.41) is 13.6. The fourth-order valence-electron chi connectivity index (χ4n) is 3.23. The highest BCUT2D eigenvalue weighted by atomic mass is 16.4. The number of carboxylic acid groups (broad SMARTS) is 1. The van der Waals surface area contributed by atoms with Gasteiger partial charge in [-0.25, -0.2) is 14.5 Å². The number of rotatable bonds is 5. The van der Waals surface area contributed by atoms with Crippen LogP contribution in [0, 0.1) is 0 Å². The summed E-state index contributed by atoms with van der Waals surface area (Å²) in [6.07, 6.45) is 3.03. The van der Waals surface area contributed by atoms with Crippen molar-refractivity contribution in [3.8, 4) is 11.4 Å². The van der Waals surface area contributed by atoms with Gasteiger partial charge in [0.05, 0.1) is 5.41 Å². The molecule has 4 rings (SSSR count). The summed E-state index contributed by atoms with van der Waals surface area (Å²) in [4.78, 5) is 41.9. The number of carbonyl (C=O) groups is 1. The van der Waals surface area contributed by atoms with Gasteiger partial charge in [-0.2, -0.15) is 5.10 Å². The van der Waals surface area contributed by atoms with Gasteiger partial charge >= 0.3 is 11.7 Å². The van der Waals surface area contributed by atoms with Crippen LogP contribution in [0.3, 0.4) is 0 Å². The van der Waals surface area contributed by atoms with Gasteiger partial charge in [0.15, 0.2) is 11.6 Å². The topological polar surface area (TPSA) is 123 Å². The van der Waals surface area contributed by atoms with Crippen LogP contribution in [0.1, 0.15) is 24.2 Å². The summed E-state index contributed by atoms with van der Waals surface area (Å²) in [7, 11) is 1.49. The van der Waals surface area contributed by atoms with Gasteiger partial charge < -0.3 is 9.67 Å². The zero-order valence-electron chi connectivity index (χ0n) is 14.5. The molecule has 1 aliphatic carbocycles. The first-order valence-electron chi connectivity index (χ1n) is 8.44. The number of aryl methyl sites for hydroxylation is 1. The average Bonchev–Trinajstić information content (AvgIpc) is 3.35. The second-order valence-electron chi connectivity index (χ2n) is 6.67. The largest absolute Gasteiger partial charge is 0.480 e. The first-order valence-corrected chi connectivity index (χ1v) is 8.44. The van der Waals surface area contributed by atoms with Gasteiger partial charge in [-0.3, -0.25) is 14.6 Å². The van der Waals surface area contributed by atoms with Crippen molar-refractivity contribution in [3.05, 3.63) is 68.8 Å². The van der Waals surface area contributed by atoms with Crippen LogP contribution < -0.4 is 11.2 Å². The third-order valence-corrected chi connectivity index (χ3v) is 4.81. The van der Waals surface area contributed by atoms with Crippen LogP contribution in [0.5, 0.6) is 0 Å². The predicted octanol–water partition coefficient (Wildman–Crippen LogP) is 0.497. The summed E-state index contributed by atoms with van der Waals surface area (Å²) in [6.45, 7) is -0.435. The quantitative estimate of drug-likeness (QED) is 0.677. The molecule has 0 aliphatic heterocycles. The Morgan fingerprint density at radius 3 is 2.59 bits per heavy atom. The third kappa shape index (κ3) is 2.86. The Balaban J connectivity index is 1.88. The Hall–Kier alpha value is -3.49. The second kappa shape index (κ2) is 6.04. The number of benzene rings is 1. The van der Waals surface area contributed by atoms with Crippen molar-refractivity contribution >= 4 is 5.97 Å². The molecular weight excluding hydrogens is 350 g/mol. The van der Waals surface area contributed by atoms with Gasteiger partial charge in [0.25, 0.3) is 5.56 Å². The number of carboxylic acids is 1. The number of nitrogens with one attached hydrogen (secondary N) is 1. The minimum atomic E-state index is -1.10. The lowest BCUT2D eigenvalue weighted by atomic mass is 9.95. The van der Waals surface area contributed by atoms with E-state index in [0.29, 0.717) is 5.82 Å². The zero-order chi connectivity index (χ0) is 19.2. The van der Waals surface area contributed by atoms with E-state index in [2.05, 4.69) is 15.1 Å². The lowest BCUT2D eigenvalue weighted by Gasteiger charge is -2.10. The summed E-state index contributed by atoms with van der Waals surface area (Å²) < 4.78 is 2.41. The van der Waals surface area contributed by atoms with Gasteiger partial charge in [0.1, 0.15) is 12.1 Å². The van der Waals surface area contributed by atoms with Crippen molar-refractivity contribution in [3.63, 3.8) is 0 Å². The van der Waals surface area contributed by atoms with E-state index in [4.69, 9.17) is 0 Å². The molecule has 27 heavy (non-hydrogen) atoms. The van der Waals surface area contributed by atoms with Gasteiger partial charge in [0.2, 0.25) is 0 Å². The molecule has 0 saturated heterocycles. The van der Waals surface area contributed by atoms with Crippen LogP contribution in [0.15, 0.2) is 46.1 Å². The lowest BCUT2D eigenvalue weighted by molar-refractivity contribution is -0.137. The molecule has 3 aromatic rings. The molecule has 0 spiro atoms. The number of H-pyrrole nitrogens is 1. The molecule has 2 N–H and O–H groups in total. The first kappa shape index (κ1) is 17.0. The van der Waals surface area contributed by atoms with Crippen LogP contribution in [-0.2, 0) is 23.8 Å². The van der Waals surface area contributed by atoms with Crippen molar-refractivity contribution in [2.24, 2.45) is 7.05 Å². The Kier molecular flexibility index (Phi) is 3.79. The van der Waals surface area contributed by atoms with E-state index in [9.17, 15) is 19.5 Å². The Morgan fingerprint density at radius 2 is 1.96 bits per heavy atom. The molecule has 0 radical (unpaired) electrons. The minimum absolute atomic E-state index is 0.0981. The molecule has 0 atom stereocenters. The van der Waals surface area contributed by atoms with Crippen molar-refractivity contribution in [1.29, 1.82) is 0 Å². The normalized spacial score (nSPS) is 14.9. The molecule has 1 aromatic carbocycles. The van der Waals surface area contributed by atoms with Gasteiger partial charge in [-0.1, -0.05) is 30.3 Å². The van der Waals surface area contributed by atoms with E-state index >= 15 is 0 Å². The number of hydrogen-bond donors (Lipinski definition) is 2. The maximum Gasteiger partial charge on any atom is 0.328 e. The Morgan fingerprint density at radius 1 is 1.26 bits per heavy atom. The maximum absolute atomic E-state index is 12.3. The molecule has 1 saturated carbocycles. The molecule has 2 heterocycles. The predicted molar refractivity (Wildman–Crippen MR) is 95.4 cm³/mol. The van der Waals surface area contributed by atoms with E-state index in [-0.39, 0.29) is 16.8 Å². The van der Waals surface area contributed by atoms with Crippen LogP contribution in [0.4, 0.5) is 0 Å². The molecule has 0 bridgehead atoms. The van der Waals surface area contributed by atoms with Crippen LogP contribution in [0.2, 0.25) is 0 Å². The number of aromatic amines is 1. The Labute approximate surface area is 152 Å². The van der Waals surface area contributed by atoms with Crippen LogP contribution in [-0.4, -0.2) is 35.4 Å². The summed E-state index contributed by atoms with van der Waals surface area (Å²) in [6, 6.07) is 9.77. The van der Waals surface area contributed by atoms with Crippen LogP contribution >= 0.6 is 0 Å². The first-order chi connectivity index (χ1) is 12.9. The van der Waals surface area contributed by atoms with Gasteiger partial charge in [-0.15, -0.1) is 0 Å². The van der Waals surface area contributed by atoms with Crippen molar-refractivity contribution in [2.45, 2.75) is 24.8 Å². The number of aromatic nitrogens is 5. The molecule has 1 aliphatic rings. The molecule has 2 aromatic heterocycles. The molecule has 0 amide bonds. The smallest absolute Gasteiger partial charge is 0.328 e. The van der Waals surface area contributed by atoms with Gasteiger partial charge in [0, 0.05) is 13.2 Å². The summed E-state index contributed by atoms with van der Waals surface area (Å²) in [5.41, 5.74) is -0.406.